The van der Waals surface area contributed by atoms with E-state index in [9.17, 15) is 4.79 Å². The zero-order valence-corrected chi connectivity index (χ0v) is 14.7. The van der Waals surface area contributed by atoms with Gasteiger partial charge in [0.1, 0.15) is 0 Å². The monoisotopic (exact) mass is 340 g/mol. The van der Waals surface area contributed by atoms with E-state index in [2.05, 4.69) is 0 Å². The molecule has 4 aliphatic rings. The van der Waals surface area contributed by atoms with E-state index in [-0.39, 0.29) is 10.8 Å². The van der Waals surface area contributed by atoms with E-state index >= 15 is 0 Å². The maximum Gasteiger partial charge on any atom is 0.320 e. The summed E-state index contributed by atoms with van der Waals surface area (Å²) in [7, 11) is 0. The zero-order valence-electron chi connectivity index (χ0n) is 13.9. The number of carbonyl (C=O) groups excluding carboxylic acids is 1. The van der Waals surface area contributed by atoms with Gasteiger partial charge in [-0.05, 0) is 38.0 Å². The lowest BCUT2D eigenvalue weighted by molar-refractivity contribution is -0.0112. The Kier molecular flexibility index (Phi) is 4.74. The summed E-state index contributed by atoms with van der Waals surface area (Å²) in [6.07, 6.45) is 6.12. The summed E-state index contributed by atoms with van der Waals surface area (Å²) in [5, 5.41) is 0. The predicted octanol–water partition coefficient (Wildman–Crippen LogP) is 2.21. The molecule has 0 aromatic heterocycles. The van der Waals surface area contributed by atoms with Gasteiger partial charge in [-0.1, -0.05) is 0 Å². The molecule has 0 N–H and O–H groups in total. The highest BCUT2D eigenvalue weighted by molar-refractivity contribution is 8.01. The Morgan fingerprint density at radius 1 is 1.17 bits per heavy atom. The van der Waals surface area contributed by atoms with Gasteiger partial charge in [-0.2, -0.15) is 0 Å². The molecular weight excluding hydrogens is 312 g/mol. The molecule has 0 aliphatic carbocycles. The van der Waals surface area contributed by atoms with Crippen molar-refractivity contribution in [3.63, 3.8) is 0 Å². The highest BCUT2D eigenvalue weighted by atomic mass is 32.2. The van der Waals surface area contributed by atoms with Crippen molar-refractivity contribution in [3.8, 4) is 0 Å². The summed E-state index contributed by atoms with van der Waals surface area (Å²) < 4.78 is 11.9. The summed E-state index contributed by atoms with van der Waals surface area (Å²) >= 11 is 2.03. The Labute approximate surface area is 143 Å². The van der Waals surface area contributed by atoms with Crippen LogP contribution in [-0.2, 0) is 9.47 Å². The van der Waals surface area contributed by atoms with Crippen LogP contribution in [0, 0.1) is 5.92 Å². The number of hydrogen-bond acceptors (Lipinski definition) is 4. The first-order chi connectivity index (χ1) is 11.2. The molecule has 130 valence electrons. The molecule has 0 saturated carbocycles. The molecule has 1 atom stereocenters. The van der Waals surface area contributed by atoms with Gasteiger partial charge in [0.25, 0.3) is 0 Å². The lowest BCUT2D eigenvalue weighted by atomic mass is 9.93. The first kappa shape index (κ1) is 16.0. The lowest BCUT2D eigenvalue weighted by Gasteiger charge is -2.48. The average Bonchev–Trinajstić information content (AvgIpc) is 3.22. The average molecular weight is 340 g/mol. The first-order valence-electron chi connectivity index (χ1n) is 9.11. The number of thioether (sulfide) groups is 1. The largest absolute Gasteiger partial charge is 0.381 e. The van der Waals surface area contributed by atoms with Gasteiger partial charge >= 0.3 is 6.03 Å². The van der Waals surface area contributed by atoms with E-state index in [1.54, 1.807) is 0 Å². The molecule has 0 aromatic carbocycles. The highest BCUT2D eigenvalue weighted by Crippen LogP contribution is 2.46. The van der Waals surface area contributed by atoms with Gasteiger partial charge < -0.3 is 19.3 Å². The summed E-state index contributed by atoms with van der Waals surface area (Å²) in [4.78, 5) is 16.4. The molecule has 4 saturated heterocycles. The smallest absolute Gasteiger partial charge is 0.320 e. The maximum absolute atomic E-state index is 12.4. The van der Waals surface area contributed by atoms with E-state index in [0.717, 1.165) is 71.0 Å². The highest BCUT2D eigenvalue weighted by Gasteiger charge is 2.51. The molecule has 0 bridgehead atoms. The Balaban J connectivity index is 1.19. The van der Waals surface area contributed by atoms with Gasteiger partial charge in [-0.3, -0.25) is 0 Å². The zero-order chi connectivity index (χ0) is 15.7. The van der Waals surface area contributed by atoms with Crippen LogP contribution in [0.3, 0.4) is 0 Å². The number of carbonyl (C=O) groups is 1. The summed E-state index contributed by atoms with van der Waals surface area (Å²) in [5.41, 5.74) is 0. The van der Waals surface area contributed by atoms with Crippen LogP contribution < -0.4 is 0 Å². The molecule has 6 heteroatoms. The Morgan fingerprint density at radius 2 is 1.91 bits per heavy atom. The molecular formula is C17H28N2O3S. The molecule has 4 rings (SSSR count). The van der Waals surface area contributed by atoms with Gasteiger partial charge in [-0.15, -0.1) is 11.8 Å². The summed E-state index contributed by atoms with van der Waals surface area (Å²) in [6.45, 7) is 6.42. The fourth-order valence-electron chi connectivity index (χ4n) is 4.21. The van der Waals surface area contributed by atoms with E-state index < -0.39 is 0 Å². The minimum absolute atomic E-state index is 0.264. The van der Waals surface area contributed by atoms with Crippen LogP contribution >= 0.6 is 11.8 Å². The van der Waals surface area contributed by atoms with E-state index in [1.165, 1.54) is 12.8 Å². The van der Waals surface area contributed by atoms with Crippen LogP contribution in [0.25, 0.3) is 0 Å². The number of urea groups is 1. The third-order valence-electron chi connectivity index (χ3n) is 5.69. The number of hydrogen-bond donors (Lipinski definition) is 0. The van der Waals surface area contributed by atoms with Crippen molar-refractivity contribution in [2.24, 2.45) is 5.92 Å². The Morgan fingerprint density at radius 3 is 2.65 bits per heavy atom. The van der Waals surface area contributed by atoms with Gasteiger partial charge in [0, 0.05) is 51.8 Å². The van der Waals surface area contributed by atoms with Crippen LogP contribution in [0.5, 0.6) is 0 Å². The fourth-order valence-corrected chi connectivity index (χ4v) is 5.76. The first-order valence-corrected chi connectivity index (χ1v) is 10.1. The van der Waals surface area contributed by atoms with Crippen LogP contribution in [0.1, 0.15) is 32.1 Å². The van der Waals surface area contributed by atoms with Gasteiger partial charge in [-0.25, -0.2) is 4.79 Å². The minimum Gasteiger partial charge on any atom is -0.381 e. The summed E-state index contributed by atoms with van der Waals surface area (Å²) in [5.74, 6) is 1.77. The molecule has 1 spiro atoms. The van der Waals surface area contributed by atoms with Gasteiger partial charge in [0.05, 0.1) is 10.9 Å². The number of rotatable bonds is 3. The molecule has 0 aromatic rings. The molecule has 0 radical (unpaired) electrons. The van der Waals surface area contributed by atoms with Crippen LogP contribution in [0.4, 0.5) is 4.79 Å². The number of amides is 2. The van der Waals surface area contributed by atoms with Crippen LogP contribution in [0.2, 0.25) is 0 Å². The molecule has 2 amide bonds. The summed E-state index contributed by atoms with van der Waals surface area (Å²) in [6, 6.07) is 0.264. The lowest BCUT2D eigenvalue weighted by Crippen LogP contribution is -2.63. The van der Waals surface area contributed by atoms with Crippen molar-refractivity contribution in [1.29, 1.82) is 0 Å². The molecule has 4 heterocycles. The topological polar surface area (TPSA) is 42.0 Å². The fraction of sp³-hybridized carbons (Fsp3) is 0.941. The van der Waals surface area contributed by atoms with Crippen molar-refractivity contribution < 1.29 is 14.3 Å². The Hall–Kier alpha value is -0.460. The molecule has 23 heavy (non-hydrogen) atoms. The quantitative estimate of drug-likeness (QED) is 0.790. The number of ether oxygens (including phenoxy) is 2. The second-order valence-electron chi connectivity index (χ2n) is 7.54. The van der Waals surface area contributed by atoms with Crippen LogP contribution in [0.15, 0.2) is 0 Å². The minimum atomic E-state index is 0.264. The maximum atomic E-state index is 12.4. The third kappa shape index (κ3) is 3.49. The van der Waals surface area contributed by atoms with Crippen molar-refractivity contribution in [1.82, 2.24) is 9.80 Å². The van der Waals surface area contributed by atoms with Crippen molar-refractivity contribution in [2.75, 3.05) is 51.8 Å². The van der Waals surface area contributed by atoms with E-state index in [4.69, 9.17) is 9.47 Å². The SMILES string of the molecule is O=C(N1CCCC1)N1CC2(C[C@@H](OCC3CCOCC3)CS2)C1. The molecule has 4 aliphatic heterocycles. The predicted molar refractivity (Wildman–Crippen MR) is 90.9 cm³/mol. The van der Waals surface area contributed by atoms with Crippen molar-refractivity contribution in [2.45, 2.75) is 43.0 Å². The molecule has 4 fully saturated rings. The second kappa shape index (κ2) is 6.81. The standard InChI is InChI=1S/C17H28N2O3S/c20-16(18-5-1-2-6-18)19-12-17(13-19)9-15(11-23-17)22-10-14-3-7-21-8-4-14/h14-15H,1-13H2/t15-/m1/s1. The Bertz CT molecular complexity index is 430. The van der Waals surface area contributed by atoms with Gasteiger partial charge in [0.2, 0.25) is 0 Å². The van der Waals surface area contributed by atoms with Crippen LogP contribution in [-0.4, -0.2) is 78.4 Å². The van der Waals surface area contributed by atoms with E-state index in [1.807, 2.05) is 21.6 Å². The molecule has 5 nitrogen and oxygen atoms in total. The van der Waals surface area contributed by atoms with Crippen molar-refractivity contribution in [3.05, 3.63) is 0 Å². The second-order valence-corrected chi connectivity index (χ2v) is 9.03. The normalized spacial score (nSPS) is 30.9. The van der Waals surface area contributed by atoms with Crippen molar-refractivity contribution >= 4 is 17.8 Å². The number of likely N-dealkylation sites (tertiary alicyclic amines) is 2. The van der Waals surface area contributed by atoms with E-state index in [0.29, 0.717) is 12.0 Å². The number of nitrogens with zero attached hydrogens (tertiary/aromatic N) is 2. The molecule has 0 unspecified atom stereocenters. The van der Waals surface area contributed by atoms with Gasteiger partial charge in [0.15, 0.2) is 0 Å². The third-order valence-corrected chi connectivity index (χ3v) is 7.26.